The fourth-order valence-electron chi connectivity index (χ4n) is 3.14. The Morgan fingerprint density at radius 3 is 2.17 bits per heavy atom. The molecule has 0 aliphatic heterocycles. The largest absolute Gasteiger partial charge is 0.481 e. The third kappa shape index (κ3) is 3.59. The Morgan fingerprint density at radius 2 is 1.65 bits per heavy atom. The van der Waals surface area contributed by atoms with E-state index in [1.165, 1.54) is 5.56 Å². The lowest BCUT2D eigenvalue weighted by Gasteiger charge is -2.17. The van der Waals surface area contributed by atoms with Gasteiger partial charge in [0.1, 0.15) is 5.82 Å². The topological polar surface area (TPSA) is 63.3 Å². The summed E-state index contributed by atoms with van der Waals surface area (Å²) in [7, 11) is 0. The van der Waals surface area contributed by atoms with Crippen molar-refractivity contribution in [3.8, 4) is 11.1 Å². The van der Waals surface area contributed by atoms with E-state index in [0.29, 0.717) is 5.56 Å². The van der Waals surface area contributed by atoms with Crippen molar-refractivity contribution < 1.29 is 14.3 Å². The van der Waals surface area contributed by atoms with Crippen LogP contribution < -0.4 is 5.73 Å². The zero-order chi connectivity index (χ0) is 17.3. The zero-order valence-electron chi connectivity index (χ0n) is 13.9. The van der Waals surface area contributed by atoms with E-state index in [0.717, 1.165) is 22.3 Å². The summed E-state index contributed by atoms with van der Waals surface area (Å²) in [4.78, 5) is 10.9. The smallest absolute Gasteiger partial charge is 0.305 e. The summed E-state index contributed by atoms with van der Waals surface area (Å²) in [6.07, 6.45) is -0.300. The predicted molar refractivity (Wildman–Crippen MR) is 90.0 cm³/mol. The molecule has 0 amide bonds. The number of carboxylic acid groups (broad SMARTS) is 1. The second kappa shape index (κ2) is 6.50. The fraction of sp³-hybridized carbons (Fsp3) is 0.316. The Bertz CT molecular complexity index is 745. The normalized spacial score (nSPS) is 12.3. The van der Waals surface area contributed by atoms with Crippen LogP contribution in [0.2, 0.25) is 0 Å². The minimum Gasteiger partial charge on any atom is -0.481 e. The minimum atomic E-state index is -1.04. The van der Waals surface area contributed by atoms with Crippen LogP contribution in [-0.4, -0.2) is 11.1 Å². The van der Waals surface area contributed by atoms with Gasteiger partial charge < -0.3 is 10.8 Å². The lowest BCUT2D eigenvalue weighted by atomic mass is 9.90. The quantitative estimate of drug-likeness (QED) is 0.888. The van der Waals surface area contributed by atoms with Crippen LogP contribution in [0.4, 0.5) is 4.39 Å². The molecule has 0 fully saturated rings. The molecule has 4 heteroatoms. The summed E-state index contributed by atoms with van der Waals surface area (Å²) in [6.45, 7) is 7.75. The summed E-state index contributed by atoms with van der Waals surface area (Å²) in [5.41, 5.74) is 11.9. The minimum absolute atomic E-state index is 0.252. The van der Waals surface area contributed by atoms with Gasteiger partial charge in [0, 0.05) is 11.6 Å². The molecule has 3 N–H and O–H groups in total. The number of rotatable bonds is 4. The van der Waals surface area contributed by atoms with Gasteiger partial charge >= 0.3 is 5.97 Å². The summed E-state index contributed by atoms with van der Waals surface area (Å²) >= 11 is 0. The molecule has 0 bridgehead atoms. The summed E-state index contributed by atoms with van der Waals surface area (Å²) in [5, 5.41) is 8.91. The Morgan fingerprint density at radius 1 is 1.09 bits per heavy atom. The SMILES string of the molecule is Cc1cc(C)c(-c2cc(C)c(F)c([C@@H](N)CC(=O)O)c2)c(C)c1. The maximum absolute atomic E-state index is 14.4. The molecule has 0 aromatic heterocycles. The summed E-state index contributed by atoms with van der Waals surface area (Å²) in [6, 6.07) is 6.77. The van der Waals surface area contributed by atoms with E-state index < -0.39 is 17.8 Å². The number of benzene rings is 2. The molecule has 0 saturated heterocycles. The number of aryl methyl sites for hydroxylation is 4. The zero-order valence-corrected chi connectivity index (χ0v) is 13.9. The maximum atomic E-state index is 14.4. The highest BCUT2D eigenvalue weighted by atomic mass is 19.1. The van der Waals surface area contributed by atoms with Gasteiger partial charge in [0.05, 0.1) is 6.42 Å². The van der Waals surface area contributed by atoms with Gasteiger partial charge in [0.15, 0.2) is 0 Å². The standard InChI is InChI=1S/C19H22FNO2/c1-10-5-11(2)18(12(3)6-10)14-7-13(4)19(20)15(8-14)16(21)9-17(22)23/h5-8,16H,9,21H2,1-4H3,(H,22,23)/t16-/m0/s1. The van der Waals surface area contributed by atoms with Crippen molar-refractivity contribution in [1.82, 2.24) is 0 Å². The highest BCUT2D eigenvalue weighted by Gasteiger charge is 2.19. The van der Waals surface area contributed by atoms with Crippen molar-refractivity contribution in [2.45, 2.75) is 40.2 Å². The van der Waals surface area contributed by atoms with Crippen molar-refractivity contribution in [3.05, 3.63) is 57.9 Å². The van der Waals surface area contributed by atoms with Gasteiger partial charge in [-0.1, -0.05) is 17.7 Å². The Kier molecular flexibility index (Phi) is 4.85. The van der Waals surface area contributed by atoms with E-state index in [-0.39, 0.29) is 12.0 Å². The molecule has 0 aliphatic carbocycles. The molecule has 23 heavy (non-hydrogen) atoms. The van der Waals surface area contributed by atoms with Crippen LogP contribution in [0.5, 0.6) is 0 Å². The number of nitrogens with two attached hydrogens (primary N) is 1. The highest BCUT2D eigenvalue weighted by molar-refractivity contribution is 5.73. The Labute approximate surface area is 136 Å². The molecule has 3 nitrogen and oxygen atoms in total. The van der Waals surface area contributed by atoms with Crippen LogP contribution in [-0.2, 0) is 4.79 Å². The summed E-state index contributed by atoms with van der Waals surface area (Å²) < 4.78 is 14.4. The second-order valence-corrected chi connectivity index (χ2v) is 6.17. The summed E-state index contributed by atoms with van der Waals surface area (Å²) in [5.74, 6) is -1.47. The third-order valence-electron chi connectivity index (χ3n) is 4.04. The molecule has 2 aromatic rings. The molecule has 2 rings (SSSR count). The Hall–Kier alpha value is -2.20. The second-order valence-electron chi connectivity index (χ2n) is 6.17. The van der Waals surface area contributed by atoms with Gasteiger partial charge in [-0.2, -0.15) is 0 Å². The average molecular weight is 315 g/mol. The number of aliphatic carboxylic acids is 1. The van der Waals surface area contributed by atoms with E-state index in [1.807, 2.05) is 20.8 Å². The number of carboxylic acids is 1. The molecule has 0 aliphatic rings. The van der Waals surface area contributed by atoms with Crippen molar-refractivity contribution >= 4 is 5.97 Å². The molecule has 0 spiro atoms. The van der Waals surface area contributed by atoms with Crippen LogP contribution in [0.15, 0.2) is 24.3 Å². The lowest BCUT2D eigenvalue weighted by molar-refractivity contribution is -0.137. The highest BCUT2D eigenvalue weighted by Crippen LogP contribution is 2.33. The van der Waals surface area contributed by atoms with Gasteiger partial charge in [-0.25, -0.2) is 4.39 Å². The van der Waals surface area contributed by atoms with E-state index in [2.05, 4.69) is 12.1 Å². The van der Waals surface area contributed by atoms with Gasteiger partial charge in [-0.05, 0) is 67.6 Å². The number of hydrogen-bond acceptors (Lipinski definition) is 2. The van der Waals surface area contributed by atoms with Crippen molar-refractivity contribution in [3.63, 3.8) is 0 Å². The van der Waals surface area contributed by atoms with Crippen molar-refractivity contribution in [2.75, 3.05) is 0 Å². The van der Waals surface area contributed by atoms with Crippen LogP contribution in [0.25, 0.3) is 11.1 Å². The van der Waals surface area contributed by atoms with E-state index in [1.54, 1.807) is 19.1 Å². The first kappa shape index (κ1) is 17.2. The van der Waals surface area contributed by atoms with E-state index in [9.17, 15) is 9.18 Å². The molecule has 2 aromatic carbocycles. The number of carbonyl (C=O) groups is 1. The van der Waals surface area contributed by atoms with Gasteiger partial charge in [0.25, 0.3) is 0 Å². The average Bonchev–Trinajstić information content (AvgIpc) is 2.40. The fourth-order valence-corrected chi connectivity index (χ4v) is 3.14. The van der Waals surface area contributed by atoms with E-state index in [4.69, 9.17) is 10.8 Å². The molecule has 1 atom stereocenters. The third-order valence-corrected chi connectivity index (χ3v) is 4.04. The predicted octanol–water partition coefficient (Wildman–Crippen LogP) is 4.20. The first-order valence-corrected chi connectivity index (χ1v) is 7.56. The number of halogens is 1. The number of hydrogen-bond donors (Lipinski definition) is 2. The molecular weight excluding hydrogens is 293 g/mol. The molecular formula is C19H22FNO2. The van der Waals surface area contributed by atoms with Gasteiger partial charge in [-0.15, -0.1) is 0 Å². The van der Waals surface area contributed by atoms with E-state index >= 15 is 0 Å². The van der Waals surface area contributed by atoms with Crippen molar-refractivity contribution in [1.29, 1.82) is 0 Å². The van der Waals surface area contributed by atoms with Crippen LogP contribution >= 0.6 is 0 Å². The molecule has 0 heterocycles. The van der Waals surface area contributed by atoms with Gasteiger partial charge in [0.2, 0.25) is 0 Å². The molecule has 122 valence electrons. The molecule has 0 radical (unpaired) electrons. The first-order chi connectivity index (χ1) is 10.7. The molecule has 0 unspecified atom stereocenters. The van der Waals surface area contributed by atoms with Crippen LogP contribution in [0.3, 0.4) is 0 Å². The van der Waals surface area contributed by atoms with Crippen molar-refractivity contribution in [2.24, 2.45) is 5.73 Å². The first-order valence-electron chi connectivity index (χ1n) is 7.56. The van der Waals surface area contributed by atoms with Gasteiger partial charge in [-0.3, -0.25) is 4.79 Å². The lowest BCUT2D eigenvalue weighted by Crippen LogP contribution is -2.17. The Balaban J connectivity index is 2.62. The molecule has 0 saturated carbocycles. The maximum Gasteiger partial charge on any atom is 0.305 e. The monoisotopic (exact) mass is 315 g/mol. The van der Waals surface area contributed by atoms with Crippen LogP contribution in [0.1, 0.15) is 40.3 Å². The van der Waals surface area contributed by atoms with Crippen LogP contribution in [0, 0.1) is 33.5 Å².